The second-order valence-corrected chi connectivity index (χ2v) is 4.23. The van der Waals surface area contributed by atoms with Gasteiger partial charge in [-0.25, -0.2) is 9.37 Å². The van der Waals surface area contributed by atoms with Gasteiger partial charge < -0.3 is 5.73 Å². The van der Waals surface area contributed by atoms with E-state index >= 15 is 0 Å². The molecule has 0 bridgehead atoms. The first-order valence-corrected chi connectivity index (χ1v) is 5.88. The van der Waals surface area contributed by atoms with Crippen molar-refractivity contribution in [2.45, 2.75) is 13.3 Å². The van der Waals surface area contributed by atoms with E-state index in [1.165, 1.54) is 16.6 Å². The minimum Gasteiger partial charge on any atom is -0.368 e. The van der Waals surface area contributed by atoms with Gasteiger partial charge in [0.1, 0.15) is 11.5 Å². The highest BCUT2D eigenvalue weighted by atomic mass is 19.1. The number of ketones is 1. The lowest BCUT2D eigenvalue weighted by atomic mass is 10.2. The maximum atomic E-state index is 13.3. The normalized spacial score (nSPS) is 11.3. The Morgan fingerprint density at radius 1 is 1.42 bits per heavy atom. The molecule has 0 spiro atoms. The highest BCUT2D eigenvalue weighted by Gasteiger charge is 2.14. The summed E-state index contributed by atoms with van der Waals surface area (Å²) in [6.07, 6.45) is 0.351. The number of carbonyl (C=O) groups excluding carboxylic acids is 1. The molecule has 2 N–H and O–H groups in total. The number of hydrogen-bond acceptors (Lipinski definition) is 4. The van der Waals surface area contributed by atoms with Crippen molar-refractivity contribution in [2.75, 3.05) is 5.73 Å². The lowest BCUT2D eigenvalue weighted by Crippen LogP contribution is -2.04. The predicted octanol–water partition coefficient (Wildman–Crippen LogP) is 2.20. The zero-order chi connectivity index (χ0) is 13.6. The molecule has 0 fully saturated rings. The Bertz CT molecular complexity index is 809. The second-order valence-electron chi connectivity index (χ2n) is 4.23. The number of nitrogen functional groups attached to an aromatic ring is 1. The van der Waals surface area contributed by atoms with E-state index in [9.17, 15) is 9.18 Å². The summed E-state index contributed by atoms with van der Waals surface area (Å²) in [6, 6.07) is 5.85. The van der Waals surface area contributed by atoms with Crippen molar-refractivity contribution in [1.82, 2.24) is 14.6 Å². The molecule has 0 atom stereocenters. The van der Waals surface area contributed by atoms with Crippen LogP contribution in [0, 0.1) is 5.82 Å². The van der Waals surface area contributed by atoms with E-state index in [-0.39, 0.29) is 17.5 Å². The van der Waals surface area contributed by atoms with E-state index in [0.717, 1.165) is 0 Å². The maximum Gasteiger partial charge on any atom is 0.222 e. The molecule has 0 aliphatic heterocycles. The number of nitrogens with zero attached hydrogens (tertiary/aromatic N) is 3. The van der Waals surface area contributed by atoms with Crippen LogP contribution >= 0.6 is 0 Å². The first kappa shape index (κ1) is 11.6. The van der Waals surface area contributed by atoms with Crippen LogP contribution in [0.5, 0.6) is 0 Å². The summed E-state index contributed by atoms with van der Waals surface area (Å²) in [5.74, 6) is -0.289. The molecule has 3 aromatic rings. The summed E-state index contributed by atoms with van der Waals surface area (Å²) < 4.78 is 14.7. The van der Waals surface area contributed by atoms with Gasteiger partial charge in [-0.2, -0.15) is 9.61 Å². The largest absolute Gasteiger partial charge is 0.368 e. The number of rotatable bonds is 2. The molecule has 0 saturated carbocycles. The van der Waals surface area contributed by atoms with Crippen molar-refractivity contribution in [3.05, 3.63) is 35.8 Å². The van der Waals surface area contributed by atoms with Crippen molar-refractivity contribution < 1.29 is 9.18 Å². The number of Topliss-reactive ketones (excluding diaryl/α,β-unsaturated/α-hetero) is 1. The minimum absolute atomic E-state index is 0.0901. The zero-order valence-electron chi connectivity index (χ0n) is 10.2. The average Bonchev–Trinajstić information content (AvgIpc) is 2.85. The van der Waals surface area contributed by atoms with Crippen molar-refractivity contribution in [3.63, 3.8) is 0 Å². The van der Waals surface area contributed by atoms with E-state index in [4.69, 9.17) is 5.73 Å². The Kier molecular flexibility index (Phi) is 2.45. The number of benzene rings is 1. The lowest BCUT2D eigenvalue weighted by molar-refractivity contribution is 0.0983. The van der Waals surface area contributed by atoms with Crippen molar-refractivity contribution >= 4 is 28.2 Å². The van der Waals surface area contributed by atoms with Gasteiger partial charge in [0.05, 0.1) is 11.0 Å². The van der Waals surface area contributed by atoms with Gasteiger partial charge in [-0.1, -0.05) is 6.92 Å². The second kappa shape index (κ2) is 4.01. The average molecular weight is 258 g/mol. The minimum atomic E-state index is -0.370. The molecule has 1 aromatic carbocycles. The van der Waals surface area contributed by atoms with Gasteiger partial charge in [-0.05, 0) is 24.3 Å². The van der Waals surface area contributed by atoms with Crippen molar-refractivity contribution in [3.8, 4) is 0 Å². The monoisotopic (exact) mass is 258 g/mol. The molecule has 0 aliphatic rings. The molecule has 5 nitrogen and oxygen atoms in total. The van der Waals surface area contributed by atoms with Crippen molar-refractivity contribution in [2.24, 2.45) is 0 Å². The smallest absolute Gasteiger partial charge is 0.222 e. The number of aromatic nitrogens is 3. The summed E-state index contributed by atoms with van der Waals surface area (Å²) in [4.78, 5) is 15.8. The first-order valence-electron chi connectivity index (χ1n) is 5.88. The fourth-order valence-corrected chi connectivity index (χ4v) is 2.05. The highest BCUT2D eigenvalue weighted by Crippen LogP contribution is 2.23. The van der Waals surface area contributed by atoms with Crippen LogP contribution < -0.4 is 5.73 Å². The molecule has 2 aromatic heterocycles. The third-order valence-corrected chi connectivity index (χ3v) is 3.00. The van der Waals surface area contributed by atoms with Crippen LogP contribution in [0.3, 0.4) is 0 Å². The summed E-state index contributed by atoms with van der Waals surface area (Å²) in [5, 5.41) is 4.70. The maximum absolute atomic E-state index is 13.3. The van der Waals surface area contributed by atoms with Crippen LogP contribution in [0.4, 0.5) is 10.3 Å². The molecule has 19 heavy (non-hydrogen) atoms. The Morgan fingerprint density at radius 3 is 2.95 bits per heavy atom. The molecule has 0 radical (unpaired) electrons. The van der Waals surface area contributed by atoms with Crippen LogP contribution in [0.2, 0.25) is 0 Å². The molecule has 6 heteroatoms. The lowest BCUT2D eigenvalue weighted by Gasteiger charge is -2.02. The van der Waals surface area contributed by atoms with E-state index in [0.29, 0.717) is 28.5 Å². The van der Waals surface area contributed by atoms with Gasteiger partial charge in [0.25, 0.3) is 0 Å². The molecular weight excluding hydrogens is 247 g/mol. The van der Waals surface area contributed by atoms with Gasteiger partial charge in [-0.3, -0.25) is 4.79 Å². The van der Waals surface area contributed by atoms with Crippen LogP contribution in [-0.2, 0) is 0 Å². The van der Waals surface area contributed by atoms with E-state index in [2.05, 4.69) is 10.1 Å². The zero-order valence-corrected chi connectivity index (χ0v) is 10.2. The fraction of sp³-hybridized carbons (Fsp3) is 0.154. The van der Waals surface area contributed by atoms with Gasteiger partial charge >= 0.3 is 0 Å². The molecule has 2 heterocycles. The highest BCUT2D eigenvalue weighted by molar-refractivity contribution is 6.00. The topological polar surface area (TPSA) is 73.3 Å². The van der Waals surface area contributed by atoms with Gasteiger partial charge in [0.2, 0.25) is 5.95 Å². The number of anilines is 1. The third kappa shape index (κ3) is 1.72. The van der Waals surface area contributed by atoms with Crippen LogP contribution in [0.1, 0.15) is 23.8 Å². The Hall–Kier alpha value is -2.50. The number of carbonyl (C=O) groups is 1. The number of halogens is 1. The van der Waals surface area contributed by atoms with Crippen molar-refractivity contribution in [1.29, 1.82) is 0 Å². The summed E-state index contributed by atoms with van der Waals surface area (Å²) in [5.41, 5.74) is 7.27. The Balaban J connectivity index is 2.42. The standard InChI is InChI=1S/C13H11FN4O/c1-2-12(19)10-6-11-8-5-7(14)3-4-9(8)16-13(15)18(11)17-10/h3-6H,2H2,1H3,(H2,15,16). The van der Waals surface area contributed by atoms with Crippen LogP contribution in [0.15, 0.2) is 24.3 Å². The molecule has 0 saturated heterocycles. The van der Waals surface area contributed by atoms with E-state index in [1.54, 1.807) is 19.1 Å². The molecule has 96 valence electrons. The number of hydrogen-bond donors (Lipinski definition) is 1. The number of fused-ring (bicyclic) bond motifs is 3. The SMILES string of the molecule is CCC(=O)c1cc2c3cc(F)ccc3nc(N)n2n1. The van der Waals surface area contributed by atoms with Gasteiger partial charge in [-0.15, -0.1) is 0 Å². The van der Waals surface area contributed by atoms with Crippen LogP contribution in [-0.4, -0.2) is 20.4 Å². The molecule has 0 aliphatic carbocycles. The van der Waals surface area contributed by atoms with E-state index < -0.39 is 0 Å². The summed E-state index contributed by atoms with van der Waals surface area (Å²) in [6.45, 7) is 1.76. The van der Waals surface area contributed by atoms with Gasteiger partial charge in [0, 0.05) is 11.8 Å². The van der Waals surface area contributed by atoms with E-state index in [1.807, 2.05) is 0 Å². The third-order valence-electron chi connectivity index (χ3n) is 3.00. The first-order chi connectivity index (χ1) is 9.10. The van der Waals surface area contributed by atoms with Gasteiger partial charge in [0.15, 0.2) is 5.78 Å². The Labute approximate surface area is 107 Å². The summed E-state index contributed by atoms with van der Waals surface area (Å²) in [7, 11) is 0. The molecule has 0 amide bonds. The fourth-order valence-electron chi connectivity index (χ4n) is 2.05. The molecule has 3 rings (SSSR count). The molecular formula is C13H11FN4O. The quantitative estimate of drug-likeness (QED) is 0.715. The summed E-state index contributed by atoms with van der Waals surface area (Å²) >= 11 is 0. The predicted molar refractivity (Wildman–Crippen MR) is 69.5 cm³/mol. The number of nitrogens with two attached hydrogens (primary N) is 1. The van der Waals surface area contributed by atoms with Crippen LogP contribution in [0.25, 0.3) is 16.4 Å². The molecule has 0 unspecified atom stereocenters. The Morgan fingerprint density at radius 2 is 2.21 bits per heavy atom.